The van der Waals surface area contributed by atoms with Gasteiger partial charge in [-0.1, -0.05) is 19.9 Å². The molecule has 0 amide bonds. The molecule has 16 heavy (non-hydrogen) atoms. The molecule has 0 aliphatic heterocycles. The summed E-state index contributed by atoms with van der Waals surface area (Å²) in [5.41, 5.74) is -0.107. The van der Waals surface area contributed by atoms with Gasteiger partial charge in [-0.25, -0.2) is 0 Å². The quantitative estimate of drug-likeness (QED) is 0.823. The molecule has 0 radical (unpaired) electrons. The molecule has 0 saturated heterocycles. The topological polar surface area (TPSA) is 21.3 Å². The summed E-state index contributed by atoms with van der Waals surface area (Å²) in [7, 11) is 1.76. The highest BCUT2D eigenvalue weighted by Crippen LogP contribution is 2.26. The Bertz CT molecular complexity index is 293. The van der Waals surface area contributed by atoms with Crippen molar-refractivity contribution < 1.29 is 4.74 Å². The lowest BCUT2D eigenvalue weighted by Crippen LogP contribution is -2.39. The summed E-state index contributed by atoms with van der Waals surface area (Å²) >= 11 is 1.81. The highest BCUT2D eigenvalue weighted by Gasteiger charge is 2.21. The minimum Gasteiger partial charge on any atom is -0.377 e. The summed E-state index contributed by atoms with van der Waals surface area (Å²) in [6, 6.07) is 4.73. The zero-order valence-corrected chi connectivity index (χ0v) is 11.7. The van der Waals surface area contributed by atoms with E-state index in [9.17, 15) is 0 Å². The van der Waals surface area contributed by atoms with Gasteiger partial charge in [0.05, 0.1) is 5.60 Å². The summed E-state index contributed by atoms with van der Waals surface area (Å²) in [6.45, 7) is 9.57. The number of hydrogen-bond donors (Lipinski definition) is 1. The van der Waals surface area contributed by atoms with Crippen molar-refractivity contribution >= 4 is 11.3 Å². The highest BCUT2D eigenvalue weighted by molar-refractivity contribution is 7.10. The third-order valence-corrected chi connectivity index (χ3v) is 3.77. The lowest BCUT2D eigenvalue weighted by molar-refractivity contribution is 0.0198. The van der Waals surface area contributed by atoms with Gasteiger partial charge in [0.15, 0.2) is 0 Å². The van der Waals surface area contributed by atoms with Crippen LogP contribution in [0.4, 0.5) is 0 Å². The van der Waals surface area contributed by atoms with Crippen LogP contribution in [0.1, 0.15) is 38.6 Å². The van der Waals surface area contributed by atoms with Gasteiger partial charge in [0, 0.05) is 24.6 Å². The maximum atomic E-state index is 5.43. The Hall–Kier alpha value is -0.380. The lowest BCUT2D eigenvalue weighted by Gasteiger charge is -2.28. The summed E-state index contributed by atoms with van der Waals surface area (Å²) in [5, 5.41) is 5.73. The van der Waals surface area contributed by atoms with Gasteiger partial charge in [-0.15, -0.1) is 11.3 Å². The molecule has 3 heteroatoms. The molecule has 0 spiro atoms. The van der Waals surface area contributed by atoms with Gasteiger partial charge in [0.1, 0.15) is 0 Å². The van der Waals surface area contributed by atoms with Crippen molar-refractivity contribution in [3.05, 3.63) is 22.4 Å². The van der Waals surface area contributed by atoms with Crippen LogP contribution < -0.4 is 5.32 Å². The Morgan fingerprint density at radius 1 is 1.44 bits per heavy atom. The van der Waals surface area contributed by atoms with Crippen molar-refractivity contribution in [3.63, 3.8) is 0 Å². The Labute approximate surface area is 103 Å². The second-order valence-electron chi connectivity index (χ2n) is 5.08. The van der Waals surface area contributed by atoms with Crippen LogP contribution in [-0.2, 0) is 4.74 Å². The van der Waals surface area contributed by atoms with Crippen LogP contribution >= 0.6 is 11.3 Å². The molecule has 1 heterocycles. The predicted octanol–water partition coefficient (Wildman–Crippen LogP) is 3.46. The Balaban J connectivity index is 2.60. The first kappa shape index (κ1) is 13.7. The van der Waals surface area contributed by atoms with E-state index >= 15 is 0 Å². The average molecular weight is 241 g/mol. The molecule has 0 fully saturated rings. The Kier molecular flexibility index (Phi) is 4.96. The smallest absolute Gasteiger partial charge is 0.0746 e. The third-order valence-electron chi connectivity index (χ3n) is 2.82. The van der Waals surface area contributed by atoms with Crippen molar-refractivity contribution in [2.24, 2.45) is 5.92 Å². The lowest BCUT2D eigenvalue weighted by atomic mass is 10.0. The van der Waals surface area contributed by atoms with Crippen LogP contribution in [0.25, 0.3) is 0 Å². The number of rotatable bonds is 6. The largest absolute Gasteiger partial charge is 0.377 e. The summed E-state index contributed by atoms with van der Waals surface area (Å²) in [5.74, 6) is 0.589. The molecule has 1 atom stereocenters. The molecule has 0 saturated carbocycles. The first-order valence-corrected chi connectivity index (χ1v) is 6.66. The van der Waals surface area contributed by atoms with Gasteiger partial charge < -0.3 is 10.1 Å². The second kappa shape index (κ2) is 5.80. The average Bonchev–Trinajstić information content (AvgIpc) is 2.71. The van der Waals surface area contributed by atoms with Crippen LogP contribution in [0.2, 0.25) is 0 Å². The van der Waals surface area contributed by atoms with E-state index in [1.165, 1.54) is 4.88 Å². The first-order chi connectivity index (χ1) is 7.46. The zero-order valence-electron chi connectivity index (χ0n) is 10.9. The molecule has 0 aromatic carbocycles. The normalized spacial score (nSPS) is 14.4. The second-order valence-corrected chi connectivity index (χ2v) is 6.06. The molecular formula is C13H23NOS. The maximum Gasteiger partial charge on any atom is 0.0746 e. The number of methoxy groups -OCH3 is 1. The van der Waals surface area contributed by atoms with E-state index in [0.29, 0.717) is 12.0 Å². The van der Waals surface area contributed by atoms with E-state index < -0.39 is 0 Å². The molecule has 2 nitrogen and oxygen atoms in total. The summed E-state index contributed by atoms with van der Waals surface area (Å²) < 4.78 is 5.43. The van der Waals surface area contributed by atoms with E-state index in [0.717, 1.165) is 6.54 Å². The zero-order chi connectivity index (χ0) is 12.2. The molecular weight excluding hydrogens is 218 g/mol. The molecule has 1 N–H and O–H groups in total. The maximum absolute atomic E-state index is 5.43. The summed E-state index contributed by atoms with van der Waals surface area (Å²) in [4.78, 5) is 1.40. The number of thiophene rings is 1. The fraction of sp³-hybridized carbons (Fsp3) is 0.692. The van der Waals surface area contributed by atoms with E-state index in [-0.39, 0.29) is 5.60 Å². The van der Waals surface area contributed by atoms with Crippen molar-refractivity contribution in [2.75, 3.05) is 13.7 Å². The fourth-order valence-corrected chi connectivity index (χ4v) is 2.53. The van der Waals surface area contributed by atoms with Crippen LogP contribution in [0.3, 0.4) is 0 Å². The van der Waals surface area contributed by atoms with Gasteiger partial charge in [-0.2, -0.15) is 0 Å². The highest BCUT2D eigenvalue weighted by atomic mass is 32.1. The van der Waals surface area contributed by atoms with Gasteiger partial charge in [-0.05, 0) is 31.2 Å². The molecule has 92 valence electrons. The molecule has 1 aromatic heterocycles. The van der Waals surface area contributed by atoms with Crippen molar-refractivity contribution in [2.45, 2.75) is 39.3 Å². The van der Waals surface area contributed by atoms with E-state index in [2.05, 4.69) is 50.5 Å². The van der Waals surface area contributed by atoms with E-state index in [1.807, 2.05) is 11.3 Å². The first-order valence-electron chi connectivity index (χ1n) is 5.78. The fourth-order valence-electron chi connectivity index (χ4n) is 1.56. The minimum absolute atomic E-state index is 0.107. The van der Waals surface area contributed by atoms with Crippen LogP contribution in [-0.4, -0.2) is 19.3 Å². The molecule has 1 aromatic rings. The van der Waals surface area contributed by atoms with Crippen LogP contribution in [0.5, 0.6) is 0 Å². The van der Waals surface area contributed by atoms with Crippen LogP contribution in [0, 0.1) is 5.92 Å². The molecule has 1 rings (SSSR count). The standard InChI is InChI=1S/C13H23NOS/c1-10(2)12(11-7-6-8-16-11)14-9-13(3,4)15-5/h6-8,10,12,14H,9H2,1-5H3. The van der Waals surface area contributed by atoms with Gasteiger partial charge >= 0.3 is 0 Å². The van der Waals surface area contributed by atoms with Crippen molar-refractivity contribution in [1.29, 1.82) is 0 Å². The monoisotopic (exact) mass is 241 g/mol. The Morgan fingerprint density at radius 2 is 2.12 bits per heavy atom. The SMILES string of the molecule is COC(C)(C)CNC(c1cccs1)C(C)C. The Morgan fingerprint density at radius 3 is 2.56 bits per heavy atom. The number of hydrogen-bond acceptors (Lipinski definition) is 3. The predicted molar refractivity (Wildman–Crippen MR) is 71.0 cm³/mol. The minimum atomic E-state index is -0.107. The number of ether oxygens (including phenoxy) is 1. The summed E-state index contributed by atoms with van der Waals surface area (Å²) in [6.07, 6.45) is 0. The van der Waals surface area contributed by atoms with Crippen molar-refractivity contribution in [1.82, 2.24) is 5.32 Å². The third kappa shape index (κ3) is 3.89. The van der Waals surface area contributed by atoms with E-state index in [4.69, 9.17) is 4.74 Å². The van der Waals surface area contributed by atoms with Gasteiger partial charge in [0.2, 0.25) is 0 Å². The molecule has 0 aliphatic rings. The molecule has 0 bridgehead atoms. The molecule has 1 unspecified atom stereocenters. The van der Waals surface area contributed by atoms with Crippen LogP contribution in [0.15, 0.2) is 17.5 Å². The van der Waals surface area contributed by atoms with Gasteiger partial charge in [-0.3, -0.25) is 0 Å². The van der Waals surface area contributed by atoms with Gasteiger partial charge in [0.25, 0.3) is 0 Å². The van der Waals surface area contributed by atoms with E-state index in [1.54, 1.807) is 7.11 Å². The van der Waals surface area contributed by atoms with Crippen molar-refractivity contribution in [3.8, 4) is 0 Å². The molecule has 0 aliphatic carbocycles. The number of nitrogens with one attached hydrogen (secondary N) is 1.